The van der Waals surface area contributed by atoms with Gasteiger partial charge in [0.05, 0.1) is 28.9 Å². The largest absolute Gasteiger partial charge is 0.322 e. The smallest absolute Gasteiger partial charge is 0.234 e. The number of thioether (sulfide) groups is 1. The van der Waals surface area contributed by atoms with Gasteiger partial charge in [-0.15, -0.1) is 5.10 Å². The van der Waals surface area contributed by atoms with Crippen molar-refractivity contribution in [2.24, 2.45) is 0 Å². The molecular weight excluding hydrogens is 302 g/mol. The van der Waals surface area contributed by atoms with E-state index in [1.165, 1.54) is 24.6 Å². The highest BCUT2D eigenvalue weighted by Crippen LogP contribution is 2.31. The maximum absolute atomic E-state index is 12.1. The second-order valence-corrected chi connectivity index (χ2v) is 6.43. The molecule has 2 aromatic rings. The highest BCUT2D eigenvalue weighted by molar-refractivity contribution is 7.99. The van der Waals surface area contributed by atoms with E-state index < -0.39 is 0 Å². The van der Waals surface area contributed by atoms with Crippen molar-refractivity contribution in [1.29, 1.82) is 0 Å². The molecule has 1 fully saturated rings. The number of carbonyl (C=O) groups excluding carboxylic acids is 1. The van der Waals surface area contributed by atoms with Gasteiger partial charge in [0.2, 0.25) is 11.1 Å². The molecule has 0 saturated heterocycles. The predicted octanol–water partition coefficient (Wildman–Crippen LogP) is 1.86. The molecule has 2 N–H and O–H groups in total. The Kier molecular flexibility index (Phi) is 4.41. The van der Waals surface area contributed by atoms with Gasteiger partial charge in [-0.1, -0.05) is 24.6 Å². The average Bonchev–Trinajstić information content (AvgIpc) is 3.21. The van der Waals surface area contributed by atoms with Crippen molar-refractivity contribution in [2.45, 2.75) is 50.7 Å². The van der Waals surface area contributed by atoms with Gasteiger partial charge < -0.3 is 5.32 Å². The lowest BCUT2D eigenvalue weighted by molar-refractivity contribution is -0.113. The molecule has 1 aliphatic rings. The Hall–Kier alpha value is -1.90. The summed E-state index contributed by atoms with van der Waals surface area (Å²) in [7, 11) is 0. The van der Waals surface area contributed by atoms with Crippen LogP contribution in [0.4, 0.5) is 5.69 Å². The summed E-state index contributed by atoms with van der Waals surface area (Å²) >= 11 is 1.37. The molecular formula is C13H19N7OS. The fourth-order valence-corrected chi connectivity index (χ4v) is 3.44. The maximum Gasteiger partial charge on any atom is 0.234 e. The summed E-state index contributed by atoms with van der Waals surface area (Å²) in [5.74, 6) is 0.190. The number of aryl methyl sites for hydroxylation is 2. The molecule has 9 heteroatoms. The van der Waals surface area contributed by atoms with Crippen LogP contribution in [0.15, 0.2) is 5.16 Å². The molecule has 0 unspecified atom stereocenters. The zero-order valence-electron chi connectivity index (χ0n) is 12.7. The monoisotopic (exact) mass is 321 g/mol. The Bertz CT molecular complexity index is 640. The number of amides is 1. The van der Waals surface area contributed by atoms with Crippen molar-refractivity contribution in [3.05, 3.63) is 11.4 Å². The molecule has 2 aromatic heterocycles. The van der Waals surface area contributed by atoms with E-state index in [1.54, 1.807) is 0 Å². The molecule has 1 amide bonds. The maximum atomic E-state index is 12.1. The molecule has 0 bridgehead atoms. The van der Waals surface area contributed by atoms with Crippen LogP contribution < -0.4 is 5.32 Å². The summed E-state index contributed by atoms with van der Waals surface area (Å²) in [5, 5.41) is 22.3. The first-order valence-electron chi connectivity index (χ1n) is 7.37. The highest BCUT2D eigenvalue weighted by Gasteiger charge is 2.22. The molecule has 22 heavy (non-hydrogen) atoms. The van der Waals surface area contributed by atoms with E-state index in [0.717, 1.165) is 29.9 Å². The number of nitrogens with zero attached hydrogens (tertiary/aromatic N) is 5. The van der Waals surface area contributed by atoms with E-state index >= 15 is 0 Å². The second-order valence-electron chi connectivity index (χ2n) is 5.49. The van der Waals surface area contributed by atoms with Gasteiger partial charge in [-0.2, -0.15) is 5.10 Å². The number of aromatic nitrogens is 6. The van der Waals surface area contributed by atoms with Crippen LogP contribution in [0.5, 0.6) is 0 Å². The summed E-state index contributed by atoms with van der Waals surface area (Å²) in [6, 6.07) is 0.374. The Balaban J connectivity index is 1.58. The van der Waals surface area contributed by atoms with Gasteiger partial charge in [0.15, 0.2) is 0 Å². The van der Waals surface area contributed by atoms with Crippen molar-refractivity contribution >= 4 is 23.4 Å². The summed E-state index contributed by atoms with van der Waals surface area (Å²) < 4.78 is 1.86. The average molecular weight is 321 g/mol. The normalized spacial score (nSPS) is 15.4. The SMILES string of the molecule is Cc1n[nH]c(C)c1NC(=O)CSc1nnnn1C1CCCC1. The lowest BCUT2D eigenvalue weighted by Crippen LogP contribution is -2.16. The van der Waals surface area contributed by atoms with Crippen molar-refractivity contribution < 1.29 is 4.79 Å². The topological polar surface area (TPSA) is 101 Å². The number of anilines is 1. The van der Waals surface area contributed by atoms with Gasteiger partial charge in [0, 0.05) is 0 Å². The van der Waals surface area contributed by atoms with Gasteiger partial charge in [0.25, 0.3) is 0 Å². The molecule has 2 heterocycles. The molecule has 0 spiro atoms. The van der Waals surface area contributed by atoms with Crippen LogP contribution in [0.1, 0.15) is 43.1 Å². The molecule has 1 aliphatic carbocycles. The second kappa shape index (κ2) is 6.47. The fourth-order valence-electron chi connectivity index (χ4n) is 2.70. The van der Waals surface area contributed by atoms with Gasteiger partial charge >= 0.3 is 0 Å². The summed E-state index contributed by atoms with van der Waals surface area (Å²) in [4.78, 5) is 12.1. The molecule has 0 aromatic carbocycles. The number of aromatic amines is 1. The van der Waals surface area contributed by atoms with Crippen LogP contribution in [-0.2, 0) is 4.79 Å². The van der Waals surface area contributed by atoms with Crippen molar-refractivity contribution in [3.8, 4) is 0 Å². The van der Waals surface area contributed by atoms with Crippen LogP contribution in [0.25, 0.3) is 0 Å². The summed E-state index contributed by atoms with van der Waals surface area (Å²) in [6.07, 6.45) is 4.65. The first-order chi connectivity index (χ1) is 10.6. The first kappa shape index (κ1) is 15.0. The molecule has 0 atom stereocenters. The predicted molar refractivity (Wildman–Crippen MR) is 82.7 cm³/mol. The van der Waals surface area contributed by atoms with E-state index in [9.17, 15) is 4.79 Å². The van der Waals surface area contributed by atoms with Crippen molar-refractivity contribution in [1.82, 2.24) is 30.4 Å². The van der Waals surface area contributed by atoms with E-state index in [0.29, 0.717) is 11.2 Å². The minimum atomic E-state index is -0.0847. The Morgan fingerprint density at radius 2 is 2.18 bits per heavy atom. The lowest BCUT2D eigenvalue weighted by Gasteiger charge is -2.10. The molecule has 3 rings (SSSR count). The minimum absolute atomic E-state index is 0.0847. The number of H-pyrrole nitrogens is 1. The summed E-state index contributed by atoms with van der Waals surface area (Å²) in [6.45, 7) is 3.73. The lowest BCUT2D eigenvalue weighted by atomic mass is 10.3. The third kappa shape index (κ3) is 3.13. The first-order valence-corrected chi connectivity index (χ1v) is 8.36. The zero-order valence-corrected chi connectivity index (χ0v) is 13.5. The van der Waals surface area contributed by atoms with Crippen LogP contribution >= 0.6 is 11.8 Å². The molecule has 8 nitrogen and oxygen atoms in total. The van der Waals surface area contributed by atoms with E-state index in [2.05, 4.69) is 31.0 Å². The van der Waals surface area contributed by atoms with Crippen LogP contribution in [0.3, 0.4) is 0 Å². The highest BCUT2D eigenvalue weighted by atomic mass is 32.2. The third-order valence-corrected chi connectivity index (χ3v) is 4.79. The minimum Gasteiger partial charge on any atom is -0.322 e. The van der Waals surface area contributed by atoms with Gasteiger partial charge in [-0.05, 0) is 37.1 Å². The quantitative estimate of drug-likeness (QED) is 0.815. The number of nitrogens with one attached hydrogen (secondary N) is 2. The van der Waals surface area contributed by atoms with Gasteiger partial charge in [0.1, 0.15) is 0 Å². The number of hydrogen-bond donors (Lipinski definition) is 2. The third-order valence-electron chi connectivity index (χ3n) is 3.86. The fraction of sp³-hybridized carbons (Fsp3) is 0.615. The van der Waals surface area contributed by atoms with E-state index in [1.807, 2.05) is 18.5 Å². The number of rotatable bonds is 5. The Labute approximate surface area is 132 Å². The summed E-state index contributed by atoms with van der Waals surface area (Å²) in [5.41, 5.74) is 2.39. The number of carbonyl (C=O) groups is 1. The van der Waals surface area contributed by atoms with Crippen molar-refractivity contribution in [3.63, 3.8) is 0 Å². The molecule has 0 aliphatic heterocycles. The molecule has 0 radical (unpaired) electrons. The van der Waals surface area contributed by atoms with Crippen molar-refractivity contribution in [2.75, 3.05) is 11.1 Å². The Morgan fingerprint density at radius 3 is 2.86 bits per heavy atom. The van der Waals surface area contributed by atoms with Crippen LogP contribution in [-0.4, -0.2) is 42.1 Å². The van der Waals surface area contributed by atoms with Gasteiger partial charge in [-0.25, -0.2) is 4.68 Å². The molecule has 118 valence electrons. The number of tetrazole rings is 1. The number of hydrogen-bond acceptors (Lipinski definition) is 6. The molecule has 1 saturated carbocycles. The van der Waals surface area contributed by atoms with Crippen LogP contribution in [0.2, 0.25) is 0 Å². The van der Waals surface area contributed by atoms with Gasteiger partial charge in [-0.3, -0.25) is 9.89 Å². The van der Waals surface area contributed by atoms with E-state index in [4.69, 9.17) is 0 Å². The Morgan fingerprint density at radius 1 is 1.41 bits per heavy atom. The van der Waals surface area contributed by atoms with Crippen LogP contribution in [0, 0.1) is 13.8 Å². The standard InChI is InChI=1S/C13H19N7OS/c1-8-12(9(2)16-15-8)14-11(21)7-22-13-17-18-19-20(13)10-5-3-4-6-10/h10H,3-7H2,1-2H3,(H,14,21)(H,15,16). The zero-order chi connectivity index (χ0) is 15.5. The van der Waals surface area contributed by atoms with E-state index in [-0.39, 0.29) is 11.7 Å².